The normalized spacial score (nSPS) is 15.3. The second kappa shape index (κ2) is 9.61. The fourth-order valence-electron chi connectivity index (χ4n) is 3.68. The third kappa shape index (κ3) is 5.03. The molecule has 3 aromatic rings. The van der Waals surface area contributed by atoms with E-state index in [0.29, 0.717) is 17.7 Å². The number of hydrazone groups is 1. The maximum absolute atomic E-state index is 5.40. The zero-order valence-corrected chi connectivity index (χ0v) is 18.1. The van der Waals surface area contributed by atoms with Gasteiger partial charge in [0.2, 0.25) is 5.95 Å². The molecule has 8 nitrogen and oxygen atoms in total. The lowest BCUT2D eigenvalue weighted by atomic mass is 10.1. The second-order valence-corrected chi connectivity index (χ2v) is 7.61. The highest BCUT2D eigenvalue weighted by Crippen LogP contribution is 2.25. The van der Waals surface area contributed by atoms with Crippen molar-refractivity contribution in [3.05, 3.63) is 48.0 Å². The monoisotopic (exact) mass is 420 g/mol. The first-order valence-corrected chi connectivity index (χ1v) is 10.4. The first-order valence-electron chi connectivity index (χ1n) is 10.4. The van der Waals surface area contributed by atoms with E-state index in [2.05, 4.69) is 32.8 Å². The molecular formula is C23H28N6O2. The standard InChI is InChI=1S/C23H28N6O2/c1-29-12-10-17(11-13-29)25-22-19-6-4-5-7-20(19)26-23(27-22)28-24-15-16-14-18(30-2)8-9-21(16)31-3/h4-9,14-15,17H,10-13H2,1-3H3,(H2,25,26,27,28)/b24-15+. The molecule has 1 fully saturated rings. The minimum atomic E-state index is 0.395. The molecule has 8 heteroatoms. The molecule has 1 aliphatic rings. The summed E-state index contributed by atoms with van der Waals surface area (Å²) in [5, 5.41) is 8.96. The predicted molar refractivity (Wildman–Crippen MR) is 124 cm³/mol. The zero-order chi connectivity index (χ0) is 21.6. The van der Waals surface area contributed by atoms with Gasteiger partial charge in [-0.1, -0.05) is 12.1 Å². The van der Waals surface area contributed by atoms with Crippen LogP contribution in [0.1, 0.15) is 18.4 Å². The summed E-state index contributed by atoms with van der Waals surface area (Å²) < 4.78 is 10.7. The van der Waals surface area contributed by atoms with Gasteiger partial charge in [-0.05, 0) is 63.3 Å². The largest absolute Gasteiger partial charge is 0.497 e. The van der Waals surface area contributed by atoms with Crippen molar-refractivity contribution in [2.24, 2.45) is 5.10 Å². The van der Waals surface area contributed by atoms with E-state index in [1.165, 1.54) is 0 Å². The maximum atomic E-state index is 5.40. The number of hydrogen-bond donors (Lipinski definition) is 2. The van der Waals surface area contributed by atoms with E-state index in [0.717, 1.165) is 54.0 Å². The molecule has 162 valence electrons. The Balaban J connectivity index is 1.56. The number of piperidine rings is 1. The van der Waals surface area contributed by atoms with Crippen LogP contribution in [-0.2, 0) is 0 Å². The lowest BCUT2D eigenvalue weighted by Gasteiger charge is -2.30. The molecule has 0 amide bonds. The van der Waals surface area contributed by atoms with Crippen molar-refractivity contribution in [3.8, 4) is 11.5 Å². The van der Waals surface area contributed by atoms with Crippen LogP contribution < -0.4 is 20.2 Å². The number of hydrogen-bond acceptors (Lipinski definition) is 8. The predicted octanol–water partition coefficient (Wildman–Crippen LogP) is 3.60. The van der Waals surface area contributed by atoms with Crippen LogP contribution in [0.15, 0.2) is 47.6 Å². The number of ether oxygens (including phenoxy) is 2. The number of nitrogens with zero attached hydrogens (tertiary/aromatic N) is 4. The fraction of sp³-hybridized carbons (Fsp3) is 0.348. The summed E-state index contributed by atoms with van der Waals surface area (Å²) in [7, 11) is 5.41. The Morgan fingerprint density at radius 3 is 2.65 bits per heavy atom. The van der Waals surface area contributed by atoms with Crippen molar-refractivity contribution in [2.75, 3.05) is 45.1 Å². The Morgan fingerprint density at radius 1 is 1.06 bits per heavy atom. The van der Waals surface area contributed by atoms with Gasteiger partial charge < -0.3 is 19.7 Å². The zero-order valence-electron chi connectivity index (χ0n) is 18.1. The first kappa shape index (κ1) is 20.9. The number of benzene rings is 2. The summed E-state index contributed by atoms with van der Waals surface area (Å²) in [5.74, 6) is 2.70. The van der Waals surface area contributed by atoms with Gasteiger partial charge in [-0.2, -0.15) is 10.1 Å². The third-order valence-corrected chi connectivity index (χ3v) is 5.47. The molecule has 0 spiro atoms. The van der Waals surface area contributed by atoms with Gasteiger partial charge in [0.25, 0.3) is 0 Å². The van der Waals surface area contributed by atoms with Gasteiger partial charge in [-0.3, -0.25) is 0 Å². The van der Waals surface area contributed by atoms with E-state index in [1.54, 1.807) is 20.4 Å². The SMILES string of the molecule is COc1ccc(OC)c(/C=N/Nc2nc(NC3CCN(C)CC3)c3ccccc3n2)c1. The van der Waals surface area contributed by atoms with Gasteiger partial charge in [0.05, 0.1) is 26.0 Å². The second-order valence-electron chi connectivity index (χ2n) is 7.61. The first-order chi connectivity index (χ1) is 15.2. The van der Waals surface area contributed by atoms with E-state index in [-0.39, 0.29) is 0 Å². The number of para-hydroxylation sites is 1. The minimum absolute atomic E-state index is 0.395. The number of anilines is 2. The Kier molecular flexibility index (Phi) is 6.47. The number of nitrogens with one attached hydrogen (secondary N) is 2. The van der Waals surface area contributed by atoms with Crippen molar-refractivity contribution < 1.29 is 9.47 Å². The Labute approximate surface area is 182 Å². The highest BCUT2D eigenvalue weighted by atomic mass is 16.5. The number of rotatable bonds is 7. The molecule has 0 bridgehead atoms. The Hall–Kier alpha value is -3.39. The number of fused-ring (bicyclic) bond motifs is 1. The topological polar surface area (TPSA) is 83.9 Å². The quantitative estimate of drug-likeness (QED) is 0.446. The molecule has 0 atom stereocenters. The van der Waals surface area contributed by atoms with Crippen LogP contribution >= 0.6 is 0 Å². The van der Waals surface area contributed by atoms with E-state index in [9.17, 15) is 0 Å². The third-order valence-electron chi connectivity index (χ3n) is 5.47. The van der Waals surface area contributed by atoms with Crippen molar-refractivity contribution in [1.29, 1.82) is 0 Å². The molecule has 1 aliphatic heterocycles. The van der Waals surface area contributed by atoms with Gasteiger partial charge in [0.1, 0.15) is 17.3 Å². The van der Waals surface area contributed by atoms with Crippen molar-refractivity contribution >= 4 is 28.9 Å². The van der Waals surface area contributed by atoms with E-state index in [4.69, 9.17) is 14.5 Å². The smallest absolute Gasteiger partial charge is 0.246 e. The van der Waals surface area contributed by atoms with Gasteiger partial charge in [0, 0.05) is 17.0 Å². The number of aromatic nitrogens is 2. The highest BCUT2D eigenvalue weighted by Gasteiger charge is 2.18. The minimum Gasteiger partial charge on any atom is -0.497 e. The molecule has 0 saturated carbocycles. The van der Waals surface area contributed by atoms with Crippen molar-refractivity contribution in [2.45, 2.75) is 18.9 Å². The van der Waals surface area contributed by atoms with E-state index in [1.807, 2.05) is 42.5 Å². The molecular weight excluding hydrogens is 392 g/mol. The summed E-state index contributed by atoms with van der Waals surface area (Å²) in [6.07, 6.45) is 3.85. The average molecular weight is 421 g/mol. The molecule has 0 aliphatic carbocycles. The molecule has 2 N–H and O–H groups in total. The van der Waals surface area contributed by atoms with Crippen LogP contribution in [0, 0.1) is 0 Å². The molecule has 31 heavy (non-hydrogen) atoms. The van der Waals surface area contributed by atoms with Gasteiger partial charge >= 0.3 is 0 Å². The van der Waals surface area contributed by atoms with E-state index < -0.39 is 0 Å². The lowest BCUT2D eigenvalue weighted by Crippen LogP contribution is -2.37. The van der Waals surface area contributed by atoms with E-state index >= 15 is 0 Å². The van der Waals surface area contributed by atoms with Crippen LogP contribution in [0.25, 0.3) is 10.9 Å². The van der Waals surface area contributed by atoms with Crippen LogP contribution in [0.2, 0.25) is 0 Å². The molecule has 2 aromatic carbocycles. The summed E-state index contributed by atoms with van der Waals surface area (Å²) in [6, 6.07) is 13.9. The van der Waals surface area contributed by atoms with Crippen LogP contribution in [-0.4, -0.2) is 61.5 Å². The van der Waals surface area contributed by atoms with Gasteiger partial charge in [0.15, 0.2) is 0 Å². The van der Waals surface area contributed by atoms with Crippen LogP contribution in [0.3, 0.4) is 0 Å². The molecule has 2 heterocycles. The molecule has 1 aromatic heterocycles. The molecule has 1 saturated heterocycles. The maximum Gasteiger partial charge on any atom is 0.246 e. The van der Waals surface area contributed by atoms with Gasteiger partial charge in [-0.15, -0.1) is 0 Å². The average Bonchev–Trinajstić information content (AvgIpc) is 2.80. The number of likely N-dealkylation sites (tertiary alicyclic amines) is 1. The van der Waals surface area contributed by atoms with Gasteiger partial charge in [-0.25, -0.2) is 10.4 Å². The summed E-state index contributed by atoms with van der Waals surface area (Å²) >= 11 is 0. The summed E-state index contributed by atoms with van der Waals surface area (Å²) in [5.41, 5.74) is 4.62. The Morgan fingerprint density at radius 2 is 1.87 bits per heavy atom. The molecule has 0 unspecified atom stereocenters. The fourth-order valence-corrected chi connectivity index (χ4v) is 3.68. The van der Waals surface area contributed by atoms with Crippen molar-refractivity contribution in [1.82, 2.24) is 14.9 Å². The Bertz CT molecular complexity index is 1060. The lowest BCUT2D eigenvalue weighted by molar-refractivity contribution is 0.264. The molecule has 0 radical (unpaired) electrons. The molecule has 4 rings (SSSR count). The summed E-state index contributed by atoms with van der Waals surface area (Å²) in [6.45, 7) is 2.16. The highest BCUT2D eigenvalue weighted by molar-refractivity contribution is 5.90. The van der Waals surface area contributed by atoms with Crippen LogP contribution in [0.4, 0.5) is 11.8 Å². The number of methoxy groups -OCH3 is 2. The summed E-state index contributed by atoms with van der Waals surface area (Å²) in [4.78, 5) is 11.7. The van der Waals surface area contributed by atoms with Crippen molar-refractivity contribution in [3.63, 3.8) is 0 Å². The van der Waals surface area contributed by atoms with Crippen LogP contribution in [0.5, 0.6) is 11.5 Å².